The molecule has 0 unspecified atom stereocenters. The Morgan fingerprint density at radius 2 is 1.87 bits per heavy atom. The number of aryl methyl sites for hydroxylation is 1. The van der Waals surface area contributed by atoms with Gasteiger partial charge in [-0.25, -0.2) is 0 Å². The minimum Gasteiger partial charge on any atom is -0.255 e. The van der Waals surface area contributed by atoms with E-state index in [4.69, 9.17) is 4.98 Å². The van der Waals surface area contributed by atoms with Crippen LogP contribution in [0.2, 0.25) is 0 Å². The summed E-state index contributed by atoms with van der Waals surface area (Å²) in [6, 6.07) is 2.21. The lowest BCUT2D eigenvalue weighted by atomic mass is 9.92. The van der Waals surface area contributed by atoms with Crippen molar-refractivity contribution in [1.82, 2.24) is 4.98 Å². The number of nitrogens with zero attached hydrogens (tertiary/aromatic N) is 1. The summed E-state index contributed by atoms with van der Waals surface area (Å²) in [5.74, 6) is 0. The lowest BCUT2D eigenvalue weighted by Gasteiger charge is -2.15. The van der Waals surface area contributed by atoms with Crippen LogP contribution in [0.5, 0.6) is 0 Å². The Kier molecular flexibility index (Phi) is 6.96. The number of pyridine rings is 1. The van der Waals surface area contributed by atoms with Gasteiger partial charge in [0, 0.05) is 17.3 Å². The minimum atomic E-state index is 1.01. The van der Waals surface area contributed by atoms with Gasteiger partial charge in [-0.2, -0.15) is 0 Å². The van der Waals surface area contributed by atoms with Gasteiger partial charge >= 0.3 is 0 Å². The number of rotatable bonds is 6. The molecule has 0 radical (unpaired) electrons. The number of aromatic nitrogens is 1. The first-order chi connectivity index (χ1) is 10.9. The Labute approximate surface area is 141 Å². The zero-order valence-corrected chi connectivity index (χ0v) is 15.5. The van der Waals surface area contributed by atoms with E-state index in [1.54, 1.807) is 0 Å². The summed E-state index contributed by atoms with van der Waals surface area (Å²) >= 11 is 0. The average molecular weight is 307 g/mol. The van der Waals surface area contributed by atoms with Gasteiger partial charge in [0.1, 0.15) is 0 Å². The molecule has 0 bridgehead atoms. The fourth-order valence-corrected chi connectivity index (χ4v) is 2.85. The zero-order chi connectivity index (χ0) is 17.6. The lowest BCUT2D eigenvalue weighted by Crippen LogP contribution is -1.99. The van der Waals surface area contributed by atoms with Crippen molar-refractivity contribution in [2.24, 2.45) is 0 Å². The van der Waals surface area contributed by atoms with Gasteiger partial charge in [-0.3, -0.25) is 4.98 Å². The highest BCUT2D eigenvalue weighted by Gasteiger charge is 2.12. The Balaban J connectivity index is 3.48. The molecule has 0 saturated carbocycles. The first kappa shape index (κ1) is 18.9. The van der Waals surface area contributed by atoms with Crippen LogP contribution in [-0.2, 0) is 0 Å². The van der Waals surface area contributed by atoms with E-state index in [0.717, 1.165) is 34.4 Å². The molecule has 0 aliphatic heterocycles. The van der Waals surface area contributed by atoms with Crippen molar-refractivity contribution in [2.45, 2.75) is 48.0 Å². The van der Waals surface area contributed by atoms with Crippen LogP contribution in [0.1, 0.15) is 57.9 Å². The molecule has 0 N–H and O–H groups in total. The Morgan fingerprint density at radius 3 is 2.26 bits per heavy atom. The van der Waals surface area contributed by atoms with Crippen LogP contribution in [0.3, 0.4) is 0 Å². The molecule has 0 amide bonds. The number of allylic oxidation sites excluding steroid dienone is 8. The van der Waals surface area contributed by atoms with Crippen LogP contribution < -0.4 is 0 Å². The standard InChI is InChI=1S/C22H29N/c1-9-16(7)21(15(5)6)19-13-17(8)22(23-14-19)20(12-4)18(10-2)11-3/h10-14H,2,5,9H2,1,3-4,6-8H3/b18-11+,20-12-,21-16+. The van der Waals surface area contributed by atoms with Crippen molar-refractivity contribution in [3.8, 4) is 0 Å². The van der Waals surface area contributed by atoms with Crippen LogP contribution in [0.25, 0.3) is 11.1 Å². The van der Waals surface area contributed by atoms with Gasteiger partial charge in [-0.1, -0.05) is 49.5 Å². The van der Waals surface area contributed by atoms with E-state index in [1.165, 1.54) is 16.7 Å². The van der Waals surface area contributed by atoms with E-state index in [1.807, 2.05) is 26.1 Å². The van der Waals surface area contributed by atoms with Gasteiger partial charge in [0.25, 0.3) is 0 Å². The summed E-state index contributed by atoms with van der Waals surface area (Å²) in [6.07, 6.45) is 9.02. The van der Waals surface area contributed by atoms with E-state index < -0.39 is 0 Å². The van der Waals surface area contributed by atoms with E-state index in [9.17, 15) is 0 Å². The Hall–Kier alpha value is -2.15. The van der Waals surface area contributed by atoms with Gasteiger partial charge in [0.05, 0.1) is 5.69 Å². The fraction of sp³-hybridized carbons (Fsp3) is 0.318. The molecular formula is C22H29N. The molecule has 1 nitrogen and oxygen atoms in total. The van der Waals surface area contributed by atoms with Gasteiger partial charge in [-0.15, -0.1) is 0 Å². The van der Waals surface area contributed by atoms with E-state index in [2.05, 4.69) is 59.1 Å². The maximum absolute atomic E-state index is 4.75. The Morgan fingerprint density at radius 1 is 1.22 bits per heavy atom. The first-order valence-corrected chi connectivity index (χ1v) is 8.19. The van der Waals surface area contributed by atoms with Crippen molar-refractivity contribution < 1.29 is 0 Å². The molecule has 23 heavy (non-hydrogen) atoms. The van der Waals surface area contributed by atoms with Crippen LogP contribution in [0.4, 0.5) is 0 Å². The molecule has 1 rings (SSSR count). The fourth-order valence-electron chi connectivity index (χ4n) is 2.85. The van der Waals surface area contributed by atoms with Crippen molar-refractivity contribution in [3.05, 3.63) is 77.2 Å². The van der Waals surface area contributed by atoms with Gasteiger partial charge in [0.15, 0.2) is 0 Å². The molecule has 0 aromatic carbocycles. The molecule has 1 aromatic heterocycles. The second-order valence-corrected chi connectivity index (χ2v) is 5.83. The lowest BCUT2D eigenvalue weighted by molar-refractivity contribution is 1.09. The van der Waals surface area contributed by atoms with Crippen LogP contribution >= 0.6 is 0 Å². The van der Waals surface area contributed by atoms with Gasteiger partial charge in [0.2, 0.25) is 0 Å². The molecule has 0 spiro atoms. The van der Waals surface area contributed by atoms with E-state index >= 15 is 0 Å². The molecule has 1 aromatic rings. The summed E-state index contributed by atoms with van der Waals surface area (Å²) in [4.78, 5) is 4.75. The highest BCUT2D eigenvalue weighted by atomic mass is 14.7. The van der Waals surface area contributed by atoms with Crippen molar-refractivity contribution >= 4 is 11.1 Å². The molecule has 0 fully saturated rings. The number of hydrogen-bond acceptors (Lipinski definition) is 1. The normalized spacial score (nSPS) is 13.7. The quantitative estimate of drug-likeness (QED) is 0.534. The monoisotopic (exact) mass is 307 g/mol. The highest BCUT2D eigenvalue weighted by molar-refractivity contribution is 5.84. The van der Waals surface area contributed by atoms with Crippen molar-refractivity contribution in [2.75, 3.05) is 0 Å². The molecule has 1 heterocycles. The average Bonchev–Trinajstić information content (AvgIpc) is 2.53. The maximum atomic E-state index is 4.75. The zero-order valence-electron chi connectivity index (χ0n) is 15.5. The second kappa shape index (κ2) is 8.47. The largest absolute Gasteiger partial charge is 0.255 e. The molecule has 122 valence electrons. The third-order valence-corrected chi connectivity index (χ3v) is 4.14. The van der Waals surface area contributed by atoms with Gasteiger partial charge in [-0.05, 0) is 63.8 Å². The predicted octanol–water partition coefficient (Wildman–Crippen LogP) is 6.69. The smallest absolute Gasteiger partial charge is 0.0734 e. The SMILES string of the molecule is C=CC(=C\C)/C(=C/C)c1ncc(/C(C(=C)C)=C(\C)CC)cc1C. The van der Waals surface area contributed by atoms with E-state index in [0.29, 0.717) is 0 Å². The molecule has 0 aliphatic carbocycles. The third kappa shape index (κ3) is 4.19. The summed E-state index contributed by atoms with van der Waals surface area (Å²) in [5, 5.41) is 0. The van der Waals surface area contributed by atoms with E-state index in [-0.39, 0.29) is 0 Å². The van der Waals surface area contributed by atoms with Gasteiger partial charge < -0.3 is 0 Å². The summed E-state index contributed by atoms with van der Waals surface area (Å²) in [5.41, 5.74) is 9.22. The van der Waals surface area contributed by atoms with Crippen LogP contribution in [0, 0.1) is 6.92 Å². The molecular weight excluding hydrogens is 278 g/mol. The van der Waals surface area contributed by atoms with Crippen LogP contribution in [-0.4, -0.2) is 4.98 Å². The maximum Gasteiger partial charge on any atom is 0.0734 e. The third-order valence-electron chi connectivity index (χ3n) is 4.14. The summed E-state index contributed by atoms with van der Waals surface area (Å²) in [6.45, 7) is 20.6. The molecule has 1 heteroatoms. The predicted molar refractivity (Wildman–Crippen MR) is 104 cm³/mol. The molecule has 0 atom stereocenters. The minimum absolute atomic E-state index is 1.01. The molecule has 0 saturated heterocycles. The second-order valence-electron chi connectivity index (χ2n) is 5.83. The summed E-state index contributed by atoms with van der Waals surface area (Å²) < 4.78 is 0. The Bertz CT molecular complexity index is 697. The van der Waals surface area contributed by atoms with Crippen LogP contribution in [0.15, 0.2) is 60.4 Å². The first-order valence-electron chi connectivity index (χ1n) is 8.19. The molecule has 0 aliphatic rings. The summed E-state index contributed by atoms with van der Waals surface area (Å²) in [7, 11) is 0. The topological polar surface area (TPSA) is 12.9 Å². The van der Waals surface area contributed by atoms with Crippen molar-refractivity contribution in [1.29, 1.82) is 0 Å². The number of hydrogen-bond donors (Lipinski definition) is 0. The highest BCUT2D eigenvalue weighted by Crippen LogP contribution is 2.30. The van der Waals surface area contributed by atoms with Crippen molar-refractivity contribution in [3.63, 3.8) is 0 Å².